The molecule has 0 aliphatic rings. The summed E-state index contributed by atoms with van der Waals surface area (Å²) in [5, 5.41) is 0. The van der Waals surface area contributed by atoms with E-state index >= 15 is 0 Å². The molecule has 4 heteroatoms. The Labute approximate surface area is 94.5 Å². The summed E-state index contributed by atoms with van der Waals surface area (Å²) in [4.78, 5) is 1.89. The summed E-state index contributed by atoms with van der Waals surface area (Å²) in [7, 11) is 3.84. The van der Waals surface area contributed by atoms with Crippen LogP contribution < -0.4 is 16.4 Å². The number of nitrogens with zero attached hydrogens (tertiary/aromatic N) is 1. The first-order valence-electron chi connectivity index (χ1n) is 5.00. The van der Waals surface area contributed by atoms with Gasteiger partial charge in [0.05, 0.1) is 0 Å². The third-order valence-corrected chi connectivity index (χ3v) is 2.38. The van der Waals surface area contributed by atoms with Crippen molar-refractivity contribution in [1.82, 2.24) is 0 Å². The minimum absolute atomic E-state index is 0.661. The molecule has 0 radical (unpaired) electrons. The number of nitrogens with two attached hydrogens (primary N) is 2. The summed E-state index contributed by atoms with van der Waals surface area (Å²) >= 11 is 0. The molecule has 16 heavy (non-hydrogen) atoms. The molecule has 0 aliphatic carbocycles. The van der Waals surface area contributed by atoms with Gasteiger partial charge in [-0.3, -0.25) is 0 Å². The number of furan rings is 1. The highest BCUT2D eigenvalue weighted by Gasteiger charge is 2.09. The number of benzene rings is 1. The SMILES string of the molecule is CN(C)c1ccc(-c2cc(N)ccc2N)o1. The second-order valence-corrected chi connectivity index (χ2v) is 3.88. The van der Waals surface area contributed by atoms with Crippen LogP contribution in [0.3, 0.4) is 0 Å². The van der Waals surface area contributed by atoms with E-state index in [0.29, 0.717) is 11.4 Å². The Morgan fingerprint density at radius 3 is 2.44 bits per heavy atom. The quantitative estimate of drug-likeness (QED) is 0.756. The van der Waals surface area contributed by atoms with Crippen LogP contribution in [-0.2, 0) is 0 Å². The molecule has 1 aromatic heterocycles. The molecule has 0 atom stereocenters. The fourth-order valence-electron chi connectivity index (χ4n) is 1.50. The zero-order valence-electron chi connectivity index (χ0n) is 9.40. The summed E-state index contributed by atoms with van der Waals surface area (Å²) in [6.45, 7) is 0. The normalized spacial score (nSPS) is 10.4. The third-order valence-electron chi connectivity index (χ3n) is 2.38. The van der Waals surface area contributed by atoms with E-state index in [1.807, 2.05) is 37.2 Å². The molecule has 4 nitrogen and oxygen atoms in total. The van der Waals surface area contributed by atoms with Crippen LogP contribution >= 0.6 is 0 Å². The highest BCUT2D eigenvalue weighted by Crippen LogP contribution is 2.31. The molecule has 84 valence electrons. The zero-order valence-corrected chi connectivity index (χ0v) is 9.40. The Morgan fingerprint density at radius 1 is 1.06 bits per heavy atom. The van der Waals surface area contributed by atoms with Crippen LogP contribution in [-0.4, -0.2) is 14.1 Å². The van der Waals surface area contributed by atoms with E-state index in [9.17, 15) is 0 Å². The van der Waals surface area contributed by atoms with Crippen LogP contribution in [0.25, 0.3) is 11.3 Å². The van der Waals surface area contributed by atoms with Gasteiger partial charge in [0.1, 0.15) is 5.76 Å². The van der Waals surface area contributed by atoms with Gasteiger partial charge in [0, 0.05) is 37.1 Å². The fourth-order valence-corrected chi connectivity index (χ4v) is 1.50. The second kappa shape index (κ2) is 3.81. The monoisotopic (exact) mass is 217 g/mol. The predicted molar refractivity (Wildman–Crippen MR) is 67.3 cm³/mol. The van der Waals surface area contributed by atoms with E-state index in [1.165, 1.54) is 0 Å². The van der Waals surface area contributed by atoms with Crippen molar-refractivity contribution in [3.8, 4) is 11.3 Å². The van der Waals surface area contributed by atoms with Gasteiger partial charge in [-0.25, -0.2) is 0 Å². The average molecular weight is 217 g/mol. The van der Waals surface area contributed by atoms with Crippen molar-refractivity contribution in [2.45, 2.75) is 0 Å². The number of rotatable bonds is 2. The number of hydrogen-bond donors (Lipinski definition) is 2. The second-order valence-electron chi connectivity index (χ2n) is 3.88. The summed E-state index contributed by atoms with van der Waals surface area (Å²) in [5.41, 5.74) is 13.8. The molecule has 0 saturated heterocycles. The molecule has 2 rings (SSSR count). The van der Waals surface area contributed by atoms with Crippen molar-refractivity contribution in [2.24, 2.45) is 0 Å². The maximum atomic E-state index is 5.88. The molecule has 0 saturated carbocycles. The van der Waals surface area contributed by atoms with E-state index in [4.69, 9.17) is 15.9 Å². The lowest BCUT2D eigenvalue weighted by Crippen LogP contribution is -2.06. The van der Waals surface area contributed by atoms with Crippen LogP contribution in [0, 0.1) is 0 Å². The van der Waals surface area contributed by atoms with E-state index < -0.39 is 0 Å². The van der Waals surface area contributed by atoms with Gasteiger partial charge in [0.15, 0.2) is 5.88 Å². The van der Waals surface area contributed by atoms with Crippen LogP contribution in [0.4, 0.5) is 17.3 Å². The Kier molecular flexibility index (Phi) is 2.48. The minimum Gasteiger partial charge on any atom is -0.441 e. The lowest BCUT2D eigenvalue weighted by Gasteiger charge is -2.07. The van der Waals surface area contributed by atoms with E-state index in [2.05, 4.69) is 0 Å². The molecule has 0 unspecified atom stereocenters. The smallest absolute Gasteiger partial charge is 0.195 e. The summed E-state index contributed by atoms with van der Waals surface area (Å²) in [6.07, 6.45) is 0. The largest absolute Gasteiger partial charge is 0.441 e. The van der Waals surface area contributed by atoms with Crippen LogP contribution in [0.15, 0.2) is 34.7 Å². The van der Waals surface area contributed by atoms with E-state index in [0.717, 1.165) is 17.2 Å². The molecular weight excluding hydrogens is 202 g/mol. The highest BCUT2D eigenvalue weighted by atomic mass is 16.4. The molecule has 0 fully saturated rings. The van der Waals surface area contributed by atoms with Crippen molar-refractivity contribution < 1.29 is 4.42 Å². The molecule has 0 spiro atoms. The molecule has 0 bridgehead atoms. The number of hydrogen-bond acceptors (Lipinski definition) is 4. The number of anilines is 3. The first-order valence-corrected chi connectivity index (χ1v) is 5.00. The fraction of sp³-hybridized carbons (Fsp3) is 0.167. The van der Waals surface area contributed by atoms with Gasteiger partial charge in [0.2, 0.25) is 0 Å². The van der Waals surface area contributed by atoms with E-state index in [-0.39, 0.29) is 0 Å². The van der Waals surface area contributed by atoms with Crippen LogP contribution in [0.2, 0.25) is 0 Å². The topological polar surface area (TPSA) is 68.4 Å². The van der Waals surface area contributed by atoms with Crippen LogP contribution in [0.1, 0.15) is 0 Å². The Hall–Kier alpha value is -2.10. The number of nitrogen functional groups attached to an aromatic ring is 2. The van der Waals surface area contributed by atoms with Crippen molar-refractivity contribution in [2.75, 3.05) is 30.5 Å². The average Bonchev–Trinajstić information content (AvgIpc) is 2.70. The molecule has 0 amide bonds. The van der Waals surface area contributed by atoms with Crippen LogP contribution in [0.5, 0.6) is 0 Å². The molecule has 1 heterocycles. The predicted octanol–water partition coefficient (Wildman–Crippen LogP) is 2.18. The van der Waals surface area contributed by atoms with Gasteiger partial charge < -0.3 is 20.8 Å². The Bertz CT molecular complexity index is 503. The lowest BCUT2D eigenvalue weighted by atomic mass is 10.1. The summed E-state index contributed by atoms with van der Waals surface area (Å²) in [5.74, 6) is 1.52. The standard InChI is InChI=1S/C12H15N3O/c1-15(2)12-6-5-11(16-12)9-7-8(13)3-4-10(9)14/h3-7H,13-14H2,1-2H3. The zero-order chi connectivity index (χ0) is 11.7. The highest BCUT2D eigenvalue weighted by molar-refractivity contribution is 5.76. The van der Waals surface area contributed by atoms with Crippen molar-refractivity contribution in [3.05, 3.63) is 30.3 Å². The molecule has 0 aliphatic heterocycles. The minimum atomic E-state index is 0.661. The van der Waals surface area contributed by atoms with Gasteiger partial charge in [-0.05, 0) is 24.3 Å². The lowest BCUT2D eigenvalue weighted by molar-refractivity contribution is 0.579. The van der Waals surface area contributed by atoms with Crippen molar-refractivity contribution in [3.63, 3.8) is 0 Å². The van der Waals surface area contributed by atoms with Gasteiger partial charge >= 0.3 is 0 Å². The summed E-state index contributed by atoms with van der Waals surface area (Å²) < 4.78 is 5.66. The van der Waals surface area contributed by atoms with Gasteiger partial charge in [-0.2, -0.15) is 0 Å². The Morgan fingerprint density at radius 2 is 1.81 bits per heavy atom. The first-order chi connectivity index (χ1) is 7.58. The van der Waals surface area contributed by atoms with Crippen molar-refractivity contribution >= 4 is 17.3 Å². The maximum Gasteiger partial charge on any atom is 0.195 e. The summed E-state index contributed by atoms with van der Waals surface area (Å²) in [6, 6.07) is 9.16. The molecule has 1 aromatic carbocycles. The van der Waals surface area contributed by atoms with Crippen molar-refractivity contribution in [1.29, 1.82) is 0 Å². The maximum absolute atomic E-state index is 5.88. The van der Waals surface area contributed by atoms with Gasteiger partial charge in [-0.1, -0.05) is 0 Å². The molecule has 4 N–H and O–H groups in total. The third kappa shape index (κ3) is 1.82. The van der Waals surface area contributed by atoms with Gasteiger partial charge in [0.25, 0.3) is 0 Å². The molecule has 2 aromatic rings. The van der Waals surface area contributed by atoms with E-state index in [1.54, 1.807) is 12.1 Å². The first kappa shape index (κ1) is 10.4. The molecular formula is C12H15N3O. The van der Waals surface area contributed by atoms with Gasteiger partial charge in [-0.15, -0.1) is 0 Å². The Balaban J connectivity index is 2.46.